The molecule has 1 aromatic heterocycles. The molecule has 0 spiro atoms. The molecule has 3 atom stereocenters. The van der Waals surface area contributed by atoms with Gasteiger partial charge >= 0.3 is 5.97 Å². The molecule has 7 heteroatoms. The number of carbonyl (C=O) groups is 1. The molecule has 3 unspecified atom stereocenters. The Morgan fingerprint density at radius 2 is 2.15 bits per heavy atom. The number of hydrogen-bond donors (Lipinski definition) is 1. The number of likely N-dealkylation sites (tertiary alicyclic amines) is 1. The predicted molar refractivity (Wildman–Crippen MR) is 102 cm³/mol. The second-order valence-corrected chi connectivity index (χ2v) is 7.46. The molecule has 0 radical (unpaired) electrons. The van der Waals surface area contributed by atoms with Gasteiger partial charge in [0.2, 0.25) is 5.89 Å². The van der Waals surface area contributed by atoms with Crippen molar-refractivity contribution in [2.45, 2.75) is 50.7 Å². The van der Waals surface area contributed by atoms with Gasteiger partial charge in [-0.2, -0.15) is 0 Å². The largest absolute Gasteiger partial charge is 0.480 e. The Labute approximate surface area is 163 Å². The molecule has 1 aliphatic carbocycles. The zero-order valence-electron chi connectivity index (χ0n) is 14.3. The summed E-state index contributed by atoms with van der Waals surface area (Å²) in [6, 6.07) is 7.30. The van der Waals surface area contributed by atoms with Crippen molar-refractivity contribution in [2.75, 3.05) is 0 Å². The van der Waals surface area contributed by atoms with Gasteiger partial charge in [0, 0.05) is 23.2 Å². The van der Waals surface area contributed by atoms with E-state index in [2.05, 4.69) is 9.88 Å². The Morgan fingerprint density at radius 1 is 1.35 bits per heavy atom. The van der Waals surface area contributed by atoms with Gasteiger partial charge in [0.15, 0.2) is 0 Å². The van der Waals surface area contributed by atoms with Crippen LogP contribution in [0.25, 0.3) is 11.5 Å². The smallest absolute Gasteiger partial charge is 0.320 e. The van der Waals surface area contributed by atoms with E-state index >= 15 is 0 Å². The van der Waals surface area contributed by atoms with Gasteiger partial charge in [-0.15, -0.1) is 12.4 Å². The van der Waals surface area contributed by atoms with Gasteiger partial charge in [-0.25, -0.2) is 4.98 Å². The molecule has 140 valence electrons. The Hall–Kier alpha value is -1.56. The quantitative estimate of drug-likeness (QED) is 0.815. The van der Waals surface area contributed by atoms with E-state index in [0.717, 1.165) is 30.5 Å². The molecule has 1 N–H and O–H groups in total. The van der Waals surface area contributed by atoms with Crippen LogP contribution in [0.3, 0.4) is 0 Å². The maximum atomic E-state index is 11.7. The Bertz CT molecular complexity index is 780. The first-order valence-corrected chi connectivity index (χ1v) is 9.18. The first-order valence-electron chi connectivity index (χ1n) is 8.80. The zero-order valence-corrected chi connectivity index (χ0v) is 15.9. The average molecular weight is 397 g/mol. The fourth-order valence-corrected chi connectivity index (χ4v) is 4.53. The van der Waals surface area contributed by atoms with Crippen molar-refractivity contribution in [1.29, 1.82) is 0 Å². The van der Waals surface area contributed by atoms with Crippen LogP contribution >= 0.6 is 24.0 Å². The molecule has 1 saturated carbocycles. The van der Waals surface area contributed by atoms with Gasteiger partial charge in [0.1, 0.15) is 12.3 Å². The van der Waals surface area contributed by atoms with E-state index in [-0.39, 0.29) is 12.4 Å². The first kappa shape index (κ1) is 19.2. The highest BCUT2D eigenvalue weighted by Crippen LogP contribution is 2.40. The van der Waals surface area contributed by atoms with Gasteiger partial charge < -0.3 is 9.52 Å². The van der Waals surface area contributed by atoms with E-state index in [1.165, 1.54) is 12.8 Å². The van der Waals surface area contributed by atoms with Crippen LogP contribution in [0.2, 0.25) is 5.02 Å². The fourth-order valence-electron chi connectivity index (χ4n) is 4.34. The van der Waals surface area contributed by atoms with Crippen LogP contribution < -0.4 is 0 Å². The molecule has 4 rings (SSSR count). The molecule has 1 aromatic carbocycles. The Kier molecular flexibility index (Phi) is 5.90. The average Bonchev–Trinajstić information content (AvgIpc) is 3.21. The third-order valence-corrected chi connectivity index (χ3v) is 5.71. The number of hydrogen-bond acceptors (Lipinski definition) is 4. The summed E-state index contributed by atoms with van der Waals surface area (Å²) in [5.74, 6) is 0.283. The number of benzene rings is 1. The molecular formula is C19H22Cl2N2O3. The maximum absolute atomic E-state index is 11.7. The van der Waals surface area contributed by atoms with Crippen LogP contribution in [0.1, 0.15) is 37.8 Å². The molecule has 1 saturated heterocycles. The number of nitrogens with zero attached hydrogens (tertiary/aromatic N) is 2. The standard InChI is InChI=1S/C19H21ClN2O3.ClH/c20-14-6-3-5-13(8-14)18-21-15(11-25-18)10-22-16-7-2-1-4-12(16)9-17(22)19(23)24;/h3,5-6,8,11-12,16-17H,1-2,4,7,9-10H2,(H,23,24);1H. The van der Waals surface area contributed by atoms with Crippen LogP contribution in [0.4, 0.5) is 0 Å². The van der Waals surface area contributed by atoms with Crippen LogP contribution in [0.15, 0.2) is 34.9 Å². The molecule has 0 amide bonds. The highest BCUT2D eigenvalue weighted by Gasteiger charge is 2.45. The van der Waals surface area contributed by atoms with Crippen molar-refractivity contribution in [3.63, 3.8) is 0 Å². The highest BCUT2D eigenvalue weighted by molar-refractivity contribution is 6.30. The highest BCUT2D eigenvalue weighted by atomic mass is 35.5. The molecular weight excluding hydrogens is 375 g/mol. The summed E-state index contributed by atoms with van der Waals surface area (Å²) in [6.45, 7) is 0.516. The van der Waals surface area contributed by atoms with E-state index < -0.39 is 12.0 Å². The lowest BCUT2D eigenvalue weighted by Gasteiger charge is -2.32. The van der Waals surface area contributed by atoms with Gasteiger partial charge in [-0.1, -0.05) is 30.5 Å². The molecule has 5 nitrogen and oxygen atoms in total. The van der Waals surface area contributed by atoms with E-state index in [9.17, 15) is 9.90 Å². The summed E-state index contributed by atoms with van der Waals surface area (Å²) < 4.78 is 5.60. The molecule has 26 heavy (non-hydrogen) atoms. The molecule has 2 aromatic rings. The number of carboxylic acid groups (broad SMARTS) is 1. The topological polar surface area (TPSA) is 66.6 Å². The number of oxazole rings is 1. The number of fused-ring (bicyclic) bond motifs is 1. The number of rotatable bonds is 4. The van der Waals surface area contributed by atoms with Gasteiger partial charge in [-0.3, -0.25) is 9.69 Å². The maximum Gasteiger partial charge on any atom is 0.320 e. The first-order chi connectivity index (χ1) is 12.1. The van der Waals surface area contributed by atoms with E-state index in [4.69, 9.17) is 16.0 Å². The SMILES string of the molecule is Cl.O=C(O)C1CC2CCCCC2N1Cc1coc(-c2cccc(Cl)c2)n1. The lowest BCUT2D eigenvalue weighted by atomic mass is 9.85. The van der Waals surface area contributed by atoms with Crippen molar-refractivity contribution in [1.82, 2.24) is 9.88 Å². The summed E-state index contributed by atoms with van der Waals surface area (Å²) in [4.78, 5) is 18.4. The van der Waals surface area contributed by atoms with E-state index in [0.29, 0.717) is 29.4 Å². The number of aromatic nitrogens is 1. The van der Waals surface area contributed by atoms with Crippen molar-refractivity contribution < 1.29 is 14.3 Å². The Balaban J connectivity index is 0.00000196. The third kappa shape index (κ3) is 3.75. The number of aliphatic carboxylic acids is 1. The van der Waals surface area contributed by atoms with Gasteiger partial charge in [-0.05, 0) is 43.4 Å². The minimum atomic E-state index is -0.729. The summed E-state index contributed by atoms with van der Waals surface area (Å²) in [5.41, 5.74) is 1.60. The summed E-state index contributed by atoms with van der Waals surface area (Å²) in [5, 5.41) is 10.3. The second kappa shape index (κ2) is 7.99. The van der Waals surface area contributed by atoms with Crippen LogP contribution in [-0.4, -0.2) is 33.0 Å². The van der Waals surface area contributed by atoms with Crippen molar-refractivity contribution >= 4 is 30.0 Å². The number of halogens is 2. The van der Waals surface area contributed by atoms with Crippen LogP contribution in [0, 0.1) is 5.92 Å². The Morgan fingerprint density at radius 3 is 2.92 bits per heavy atom. The predicted octanol–water partition coefficient (Wildman–Crippen LogP) is 4.63. The minimum absolute atomic E-state index is 0. The van der Waals surface area contributed by atoms with Crippen LogP contribution in [0.5, 0.6) is 0 Å². The molecule has 2 heterocycles. The zero-order chi connectivity index (χ0) is 17.4. The van der Waals surface area contributed by atoms with Gasteiger partial charge in [0.05, 0.1) is 5.69 Å². The second-order valence-electron chi connectivity index (χ2n) is 7.03. The lowest BCUT2D eigenvalue weighted by Crippen LogP contribution is -2.41. The molecule has 2 aliphatic rings. The normalized spacial score (nSPS) is 25.5. The number of carboxylic acids is 1. The van der Waals surface area contributed by atoms with E-state index in [1.54, 1.807) is 12.3 Å². The summed E-state index contributed by atoms with van der Waals surface area (Å²) in [7, 11) is 0. The monoisotopic (exact) mass is 396 g/mol. The summed E-state index contributed by atoms with van der Waals surface area (Å²) >= 11 is 6.03. The van der Waals surface area contributed by atoms with Crippen molar-refractivity contribution in [3.05, 3.63) is 41.2 Å². The minimum Gasteiger partial charge on any atom is -0.480 e. The van der Waals surface area contributed by atoms with Crippen molar-refractivity contribution in [2.24, 2.45) is 5.92 Å². The van der Waals surface area contributed by atoms with E-state index in [1.807, 2.05) is 18.2 Å². The summed E-state index contributed by atoms with van der Waals surface area (Å²) in [6.07, 6.45) is 6.98. The van der Waals surface area contributed by atoms with Crippen LogP contribution in [-0.2, 0) is 11.3 Å². The van der Waals surface area contributed by atoms with Gasteiger partial charge in [0.25, 0.3) is 0 Å². The van der Waals surface area contributed by atoms with Crippen molar-refractivity contribution in [3.8, 4) is 11.5 Å². The third-order valence-electron chi connectivity index (χ3n) is 5.47. The lowest BCUT2D eigenvalue weighted by molar-refractivity contribution is -0.142. The molecule has 0 bridgehead atoms. The molecule has 1 aliphatic heterocycles. The molecule has 2 fully saturated rings. The fraction of sp³-hybridized carbons (Fsp3) is 0.474.